The van der Waals surface area contributed by atoms with Crippen LogP contribution in [0.25, 0.3) is 22.1 Å². The molecule has 31 heavy (non-hydrogen) atoms. The van der Waals surface area contributed by atoms with Gasteiger partial charge in [0.05, 0.1) is 17.1 Å². The third-order valence-electron chi connectivity index (χ3n) is 4.88. The molecule has 0 saturated heterocycles. The predicted molar refractivity (Wildman–Crippen MR) is 118 cm³/mol. The molecule has 1 aromatic heterocycles. The molecule has 6 nitrogen and oxygen atoms in total. The van der Waals surface area contributed by atoms with Gasteiger partial charge < -0.3 is 19.6 Å². The molecule has 1 heterocycles. The Labute approximate surface area is 178 Å². The zero-order valence-electron chi connectivity index (χ0n) is 16.7. The van der Waals surface area contributed by atoms with Gasteiger partial charge in [0.15, 0.2) is 12.0 Å². The first-order chi connectivity index (χ1) is 15.1. The van der Waals surface area contributed by atoms with Crippen LogP contribution in [0.5, 0.6) is 5.75 Å². The third kappa shape index (κ3) is 4.82. The topological polar surface area (TPSA) is 88.8 Å². The lowest BCUT2D eigenvalue weighted by molar-refractivity contribution is -0.123. The van der Waals surface area contributed by atoms with E-state index < -0.39 is 6.10 Å². The SMILES string of the molecule is O=C(COc1ccc2c(=O)c(-c3ccccc3)coc2c1)NC[C@@H](O)c1ccccc1. The van der Waals surface area contributed by atoms with Gasteiger partial charge in [-0.25, -0.2) is 0 Å². The molecule has 0 aliphatic carbocycles. The fourth-order valence-corrected chi connectivity index (χ4v) is 3.22. The molecule has 4 rings (SSSR count). The van der Waals surface area contributed by atoms with Gasteiger partial charge in [-0.3, -0.25) is 9.59 Å². The summed E-state index contributed by atoms with van der Waals surface area (Å²) >= 11 is 0. The highest BCUT2D eigenvalue weighted by Gasteiger charge is 2.12. The molecular weight excluding hydrogens is 394 g/mol. The predicted octanol–water partition coefficient (Wildman–Crippen LogP) is 3.69. The Kier molecular flexibility index (Phi) is 6.10. The van der Waals surface area contributed by atoms with Crippen molar-refractivity contribution in [3.05, 3.63) is 101 Å². The number of ether oxygens (including phenoxy) is 1. The van der Waals surface area contributed by atoms with Crippen LogP contribution in [-0.2, 0) is 4.79 Å². The van der Waals surface area contributed by atoms with Crippen LogP contribution in [0.2, 0.25) is 0 Å². The summed E-state index contributed by atoms with van der Waals surface area (Å²) in [5, 5.41) is 13.2. The van der Waals surface area contributed by atoms with Gasteiger partial charge in [-0.15, -0.1) is 0 Å². The molecular formula is C25H21NO5. The fraction of sp³-hybridized carbons (Fsp3) is 0.120. The smallest absolute Gasteiger partial charge is 0.258 e. The molecule has 0 fully saturated rings. The Morgan fingerprint density at radius 2 is 1.71 bits per heavy atom. The maximum absolute atomic E-state index is 12.8. The number of hydrogen-bond acceptors (Lipinski definition) is 5. The zero-order valence-corrected chi connectivity index (χ0v) is 16.7. The van der Waals surface area contributed by atoms with Gasteiger partial charge in [-0.2, -0.15) is 0 Å². The monoisotopic (exact) mass is 415 g/mol. The molecule has 156 valence electrons. The highest BCUT2D eigenvalue weighted by atomic mass is 16.5. The first-order valence-electron chi connectivity index (χ1n) is 9.85. The molecule has 0 aliphatic rings. The summed E-state index contributed by atoms with van der Waals surface area (Å²) in [6.45, 7) is -0.138. The maximum Gasteiger partial charge on any atom is 0.258 e. The van der Waals surface area contributed by atoms with Gasteiger partial charge in [0.25, 0.3) is 5.91 Å². The molecule has 0 unspecified atom stereocenters. The van der Waals surface area contributed by atoms with Crippen LogP contribution in [0, 0.1) is 0 Å². The van der Waals surface area contributed by atoms with E-state index in [4.69, 9.17) is 9.15 Å². The van der Waals surface area contributed by atoms with Gasteiger partial charge in [-0.1, -0.05) is 60.7 Å². The number of benzene rings is 3. The van der Waals surface area contributed by atoms with Crippen molar-refractivity contribution < 1.29 is 19.1 Å². The Morgan fingerprint density at radius 3 is 2.45 bits per heavy atom. The maximum atomic E-state index is 12.8. The summed E-state index contributed by atoms with van der Waals surface area (Å²) in [6, 6.07) is 23.2. The van der Waals surface area contributed by atoms with Crippen LogP contribution >= 0.6 is 0 Å². The second-order valence-electron chi connectivity index (χ2n) is 7.02. The van der Waals surface area contributed by atoms with Crippen molar-refractivity contribution in [2.75, 3.05) is 13.2 Å². The second-order valence-corrected chi connectivity index (χ2v) is 7.02. The highest BCUT2D eigenvalue weighted by molar-refractivity contribution is 5.83. The minimum Gasteiger partial charge on any atom is -0.484 e. The van der Waals surface area contributed by atoms with E-state index in [1.165, 1.54) is 6.26 Å². The van der Waals surface area contributed by atoms with Gasteiger partial charge in [0.2, 0.25) is 0 Å². The fourth-order valence-electron chi connectivity index (χ4n) is 3.22. The number of carbonyl (C=O) groups excluding carboxylic acids is 1. The van der Waals surface area contributed by atoms with Crippen LogP contribution in [0.15, 0.2) is 94.3 Å². The Morgan fingerprint density at radius 1 is 1.00 bits per heavy atom. The van der Waals surface area contributed by atoms with Crippen LogP contribution < -0.4 is 15.5 Å². The van der Waals surface area contributed by atoms with Crippen molar-refractivity contribution >= 4 is 16.9 Å². The van der Waals surface area contributed by atoms with Crippen molar-refractivity contribution in [3.8, 4) is 16.9 Å². The molecule has 0 aliphatic heterocycles. The van der Waals surface area contributed by atoms with E-state index in [1.54, 1.807) is 30.3 Å². The summed E-state index contributed by atoms with van der Waals surface area (Å²) in [5.74, 6) is 0.0397. The lowest BCUT2D eigenvalue weighted by atomic mass is 10.1. The van der Waals surface area contributed by atoms with Crippen LogP contribution in [0.1, 0.15) is 11.7 Å². The van der Waals surface area contributed by atoms with E-state index in [0.717, 1.165) is 11.1 Å². The first kappa shape index (κ1) is 20.4. The van der Waals surface area contributed by atoms with Gasteiger partial charge in [0, 0.05) is 12.6 Å². The summed E-state index contributed by atoms with van der Waals surface area (Å²) < 4.78 is 11.2. The van der Waals surface area contributed by atoms with Crippen LogP contribution in [0.4, 0.5) is 0 Å². The lowest BCUT2D eigenvalue weighted by Crippen LogP contribution is -2.32. The molecule has 0 bridgehead atoms. The highest BCUT2D eigenvalue weighted by Crippen LogP contribution is 2.23. The lowest BCUT2D eigenvalue weighted by Gasteiger charge is -2.12. The van der Waals surface area contributed by atoms with Gasteiger partial charge >= 0.3 is 0 Å². The number of aliphatic hydroxyl groups is 1. The van der Waals surface area contributed by atoms with Crippen molar-refractivity contribution in [1.82, 2.24) is 5.32 Å². The van der Waals surface area contributed by atoms with Crippen LogP contribution in [0.3, 0.4) is 0 Å². The average molecular weight is 415 g/mol. The van der Waals surface area contributed by atoms with E-state index in [0.29, 0.717) is 22.3 Å². The van der Waals surface area contributed by atoms with Crippen molar-refractivity contribution in [3.63, 3.8) is 0 Å². The summed E-state index contributed by atoms with van der Waals surface area (Å²) in [7, 11) is 0. The molecule has 6 heteroatoms. The number of fused-ring (bicyclic) bond motifs is 1. The summed E-state index contributed by atoms with van der Waals surface area (Å²) in [4.78, 5) is 24.8. The number of amides is 1. The Bertz CT molecular complexity index is 1240. The molecule has 0 spiro atoms. The number of aliphatic hydroxyl groups excluding tert-OH is 1. The van der Waals surface area contributed by atoms with Crippen LogP contribution in [-0.4, -0.2) is 24.2 Å². The number of rotatable bonds is 7. The minimum absolute atomic E-state index is 0.0844. The quantitative estimate of drug-likeness (QED) is 0.481. The number of nitrogens with one attached hydrogen (secondary N) is 1. The standard InChI is InChI=1S/C25H21NO5/c27-22(18-9-5-2-6-10-18)14-26-24(28)16-30-19-11-12-20-23(13-19)31-15-21(25(20)29)17-7-3-1-4-8-17/h1-13,15,22,27H,14,16H2,(H,26,28)/t22-/m1/s1. The molecule has 4 aromatic rings. The normalized spacial score (nSPS) is 11.8. The molecule has 0 radical (unpaired) electrons. The summed E-state index contributed by atoms with van der Waals surface area (Å²) in [6.07, 6.45) is 0.639. The molecule has 1 atom stereocenters. The summed E-state index contributed by atoms with van der Waals surface area (Å²) in [5.41, 5.74) is 2.24. The van der Waals surface area contributed by atoms with E-state index >= 15 is 0 Å². The van der Waals surface area contributed by atoms with E-state index in [-0.39, 0.29) is 24.5 Å². The van der Waals surface area contributed by atoms with E-state index in [9.17, 15) is 14.7 Å². The number of carbonyl (C=O) groups is 1. The Hall–Kier alpha value is -3.90. The molecule has 1 amide bonds. The minimum atomic E-state index is -0.793. The Balaban J connectivity index is 1.39. The zero-order chi connectivity index (χ0) is 21.6. The molecule has 2 N–H and O–H groups in total. The first-order valence-corrected chi connectivity index (χ1v) is 9.85. The second kappa shape index (κ2) is 9.28. The largest absolute Gasteiger partial charge is 0.484 e. The third-order valence-corrected chi connectivity index (χ3v) is 4.88. The van der Waals surface area contributed by atoms with Crippen molar-refractivity contribution in [2.45, 2.75) is 6.10 Å². The van der Waals surface area contributed by atoms with Gasteiger partial charge in [-0.05, 0) is 23.3 Å². The van der Waals surface area contributed by atoms with Crippen molar-refractivity contribution in [1.29, 1.82) is 0 Å². The van der Waals surface area contributed by atoms with E-state index in [1.807, 2.05) is 48.5 Å². The van der Waals surface area contributed by atoms with E-state index in [2.05, 4.69) is 5.32 Å². The molecule has 0 saturated carbocycles. The average Bonchev–Trinajstić information content (AvgIpc) is 2.82. The number of hydrogen-bond donors (Lipinski definition) is 2. The van der Waals surface area contributed by atoms with Gasteiger partial charge in [0.1, 0.15) is 17.6 Å². The van der Waals surface area contributed by atoms with Crippen molar-refractivity contribution in [2.24, 2.45) is 0 Å². The molecule has 3 aromatic carbocycles.